The van der Waals surface area contributed by atoms with E-state index in [0.717, 1.165) is 32.0 Å². The van der Waals surface area contributed by atoms with Gasteiger partial charge >= 0.3 is 0 Å². The number of aromatic nitrogens is 1. The molecule has 13 heavy (non-hydrogen) atoms. The highest BCUT2D eigenvalue weighted by Gasteiger charge is 2.14. The number of ether oxygens (including phenoxy) is 1. The maximum atomic E-state index is 5.46. The molecular weight excluding hydrogens is 164 g/mol. The minimum Gasteiger partial charge on any atom is -0.379 e. The highest BCUT2D eigenvalue weighted by molar-refractivity contribution is 5.10. The lowest BCUT2D eigenvalue weighted by molar-refractivity contribution is 0.140. The summed E-state index contributed by atoms with van der Waals surface area (Å²) in [5.41, 5.74) is 1.12. The van der Waals surface area contributed by atoms with Gasteiger partial charge in [0.05, 0.1) is 13.2 Å². The number of hydrogen-bond acceptors (Lipinski definition) is 3. The molecule has 1 aliphatic rings. The molecule has 0 radical (unpaired) electrons. The van der Waals surface area contributed by atoms with Crippen LogP contribution in [0.3, 0.4) is 0 Å². The third-order valence-electron chi connectivity index (χ3n) is 2.24. The number of nitrogens with one attached hydrogen (secondary N) is 1. The van der Waals surface area contributed by atoms with Crippen molar-refractivity contribution in [3.8, 4) is 0 Å². The Morgan fingerprint density at radius 2 is 2.46 bits per heavy atom. The second-order valence-corrected chi connectivity index (χ2v) is 3.23. The minimum absolute atomic E-state index is 0.406. The van der Waals surface area contributed by atoms with E-state index in [9.17, 15) is 0 Å². The molecule has 1 saturated heterocycles. The molecule has 1 atom stereocenters. The lowest BCUT2D eigenvalue weighted by atomic mass is 10.1. The van der Waals surface area contributed by atoms with Crippen LogP contribution in [0, 0.1) is 0 Å². The average molecular weight is 178 g/mol. The van der Waals surface area contributed by atoms with Gasteiger partial charge in [0.1, 0.15) is 0 Å². The van der Waals surface area contributed by atoms with Crippen LogP contribution >= 0.6 is 0 Å². The van der Waals surface area contributed by atoms with Gasteiger partial charge in [-0.15, -0.1) is 0 Å². The molecule has 0 aromatic carbocycles. The molecule has 1 aromatic rings. The third-order valence-corrected chi connectivity index (χ3v) is 2.24. The molecule has 1 fully saturated rings. The fourth-order valence-corrected chi connectivity index (χ4v) is 1.51. The second kappa shape index (κ2) is 4.35. The highest BCUT2D eigenvalue weighted by Crippen LogP contribution is 2.13. The van der Waals surface area contributed by atoms with Gasteiger partial charge in [0.25, 0.3) is 0 Å². The number of pyridine rings is 1. The van der Waals surface area contributed by atoms with Gasteiger partial charge in [-0.1, -0.05) is 6.07 Å². The summed E-state index contributed by atoms with van der Waals surface area (Å²) in [5.74, 6) is 0.406. The lowest BCUT2D eigenvalue weighted by Crippen LogP contribution is -2.21. The summed E-state index contributed by atoms with van der Waals surface area (Å²) in [6, 6.07) is 6.02. The molecule has 1 aromatic heterocycles. The molecule has 0 aliphatic carbocycles. The molecule has 3 heteroatoms. The van der Waals surface area contributed by atoms with Gasteiger partial charge in [-0.25, -0.2) is 0 Å². The van der Waals surface area contributed by atoms with Crippen LogP contribution < -0.4 is 5.32 Å². The third kappa shape index (κ3) is 2.26. The van der Waals surface area contributed by atoms with Crippen molar-refractivity contribution < 1.29 is 4.74 Å². The molecule has 70 valence electrons. The van der Waals surface area contributed by atoms with Gasteiger partial charge in [-0.2, -0.15) is 0 Å². The maximum absolute atomic E-state index is 5.46. The van der Waals surface area contributed by atoms with Crippen molar-refractivity contribution in [2.24, 2.45) is 0 Å². The summed E-state index contributed by atoms with van der Waals surface area (Å²) in [6.07, 6.45) is 1.83. The first-order valence-electron chi connectivity index (χ1n) is 4.66. The van der Waals surface area contributed by atoms with E-state index < -0.39 is 0 Å². The van der Waals surface area contributed by atoms with Crippen LogP contribution in [0.5, 0.6) is 0 Å². The van der Waals surface area contributed by atoms with E-state index in [1.54, 1.807) is 0 Å². The fraction of sp³-hybridized carbons (Fsp3) is 0.500. The highest BCUT2D eigenvalue weighted by atomic mass is 16.5. The molecule has 0 spiro atoms. The monoisotopic (exact) mass is 178 g/mol. The van der Waals surface area contributed by atoms with Crippen LogP contribution in [0.4, 0.5) is 0 Å². The zero-order valence-electron chi connectivity index (χ0n) is 7.57. The van der Waals surface area contributed by atoms with Crippen LogP contribution in [0.15, 0.2) is 24.4 Å². The number of hydrogen-bond donors (Lipinski definition) is 1. The van der Waals surface area contributed by atoms with Gasteiger partial charge in [0.2, 0.25) is 0 Å². The largest absolute Gasteiger partial charge is 0.379 e. The van der Waals surface area contributed by atoms with Crippen LogP contribution in [-0.4, -0.2) is 31.3 Å². The smallest absolute Gasteiger partial charge is 0.0591 e. The molecule has 0 amide bonds. The Labute approximate surface area is 78.1 Å². The zero-order chi connectivity index (χ0) is 8.93. The Hall–Kier alpha value is -0.930. The Bertz CT molecular complexity index is 242. The lowest BCUT2D eigenvalue weighted by Gasteiger charge is -2.12. The fourth-order valence-electron chi connectivity index (χ4n) is 1.51. The van der Waals surface area contributed by atoms with E-state index in [0.29, 0.717) is 5.92 Å². The molecule has 1 N–H and O–H groups in total. The first-order valence-corrected chi connectivity index (χ1v) is 4.66. The first kappa shape index (κ1) is 8.66. The summed E-state index contributed by atoms with van der Waals surface area (Å²) in [7, 11) is 0. The predicted molar refractivity (Wildman–Crippen MR) is 50.7 cm³/mol. The Morgan fingerprint density at radius 1 is 1.46 bits per heavy atom. The molecule has 0 saturated carbocycles. The van der Waals surface area contributed by atoms with Gasteiger partial charge in [0.15, 0.2) is 0 Å². The van der Waals surface area contributed by atoms with E-state index in [1.807, 2.05) is 18.3 Å². The molecular formula is C10H14N2O. The van der Waals surface area contributed by atoms with E-state index in [1.165, 1.54) is 0 Å². The van der Waals surface area contributed by atoms with Crippen molar-refractivity contribution in [2.75, 3.05) is 26.3 Å². The Balaban J connectivity index is 2.06. The Kier molecular flexibility index (Phi) is 2.90. The van der Waals surface area contributed by atoms with E-state index in [-0.39, 0.29) is 0 Å². The van der Waals surface area contributed by atoms with Crippen molar-refractivity contribution >= 4 is 0 Å². The number of rotatable bonds is 1. The van der Waals surface area contributed by atoms with Crippen LogP contribution in [0.25, 0.3) is 0 Å². The summed E-state index contributed by atoms with van der Waals surface area (Å²) >= 11 is 0. The predicted octanol–water partition coefficient (Wildman–Crippen LogP) is 0.785. The minimum atomic E-state index is 0.406. The van der Waals surface area contributed by atoms with Crippen molar-refractivity contribution in [2.45, 2.75) is 5.92 Å². The number of nitrogens with zero attached hydrogens (tertiary/aromatic N) is 1. The molecule has 3 nitrogen and oxygen atoms in total. The molecule has 1 aliphatic heterocycles. The second-order valence-electron chi connectivity index (χ2n) is 3.23. The van der Waals surface area contributed by atoms with Crippen LogP contribution in [-0.2, 0) is 4.74 Å². The van der Waals surface area contributed by atoms with Gasteiger partial charge < -0.3 is 10.1 Å². The summed E-state index contributed by atoms with van der Waals surface area (Å²) in [4.78, 5) is 4.32. The van der Waals surface area contributed by atoms with Gasteiger partial charge in [-0.05, 0) is 12.1 Å². The molecule has 0 bridgehead atoms. The van der Waals surface area contributed by atoms with E-state index in [2.05, 4.69) is 16.4 Å². The first-order chi connectivity index (χ1) is 6.47. The summed E-state index contributed by atoms with van der Waals surface area (Å²) < 4.78 is 5.46. The topological polar surface area (TPSA) is 34.1 Å². The van der Waals surface area contributed by atoms with Gasteiger partial charge in [-0.3, -0.25) is 4.98 Å². The summed E-state index contributed by atoms with van der Waals surface area (Å²) in [5, 5.41) is 3.33. The maximum Gasteiger partial charge on any atom is 0.0591 e. The van der Waals surface area contributed by atoms with Crippen LogP contribution in [0.1, 0.15) is 11.6 Å². The standard InChI is InChI=1S/C10H14N2O/c1-2-4-12-10(3-1)9-7-11-5-6-13-8-9/h1-4,9,11H,5-8H2/t9-/m1/s1. The quantitative estimate of drug-likeness (QED) is 0.690. The summed E-state index contributed by atoms with van der Waals surface area (Å²) in [6.45, 7) is 3.51. The van der Waals surface area contributed by atoms with Crippen molar-refractivity contribution in [1.82, 2.24) is 10.3 Å². The van der Waals surface area contributed by atoms with E-state index >= 15 is 0 Å². The zero-order valence-corrected chi connectivity index (χ0v) is 7.57. The molecule has 2 rings (SSSR count). The van der Waals surface area contributed by atoms with E-state index in [4.69, 9.17) is 4.74 Å². The van der Waals surface area contributed by atoms with Crippen LogP contribution in [0.2, 0.25) is 0 Å². The average Bonchev–Trinajstić information content (AvgIpc) is 2.47. The van der Waals surface area contributed by atoms with Gasteiger partial charge in [0, 0.05) is 30.9 Å². The Morgan fingerprint density at radius 3 is 3.31 bits per heavy atom. The molecule has 0 unspecified atom stereocenters. The van der Waals surface area contributed by atoms with Crippen molar-refractivity contribution in [3.05, 3.63) is 30.1 Å². The van der Waals surface area contributed by atoms with Crippen molar-refractivity contribution in [1.29, 1.82) is 0 Å². The molecule has 2 heterocycles. The SMILES string of the molecule is c1ccc([C@@H]2CNCCOC2)nc1. The normalized spacial score (nSPS) is 23.8. The van der Waals surface area contributed by atoms with Crippen molar-refractivity contribution in [3.63, 3.8) is 0 Å².